The lowest BCUT2D eigenvalue weighted by molar-refractivity contribution is -0.235. The molecule has 29 heavy (non-hydrogen) atoms. The second-order valence-corrected chi connectivity index (χ2v) is 9.29. The van der Waals surface area contributed by atoms with E-state index >= 15 is 0 Å². The first-order valence-electron chi connectivity index (χ1n) is 9.88. The molecule has 0 bridgehead atoms. The van der Waals surface area contributed by atoms with Gasteiger partial charge in [-0.15, -0.1) is 0 Å². The Morgan fingerprint density at radius 1 is 1.21 bits per heavy atom. The minimum Gasteiger partial charge on any atom is -0.746 e. The van der Waals surface area contributed by atoms with Gasteiger partial charge in [0.25, 0.3) is 0 Å². The van der Waals surface area contributed by atoms with Gasteiger partial charge < -0.3 is 38.0 Å². The van der Waals surface area contributed by atoms with Crippen LogP contribution in [0.1, 0.15) is 48.0 Å². The molecule has 2 heterocycles. The van der Waals surface area contributed by atoms with E-state index < -0.39 is 50.4 Å². The number of carbonyl (C=O) groups excluding carboxylic acids is 1. The third-order valence-electron chi connectivity index (χ3n) is 4.58. The molecule has 0 spiro atoms. The van der Waals surface area contributed by atoms with Gasteiger partial charge in [-0.1, -0.05) is 0 Å². The minimum absolute atomic E-state index is 0.0191. The second kappa shape index (κ2) is 10.2. The maximum absolute atomic E-state index is 12.4. The first kappa shape index (κ1) is 24.7. The van der Waals surface area contributed by atoms with Gasteiger partial charge in [-0.2, -0.15) is 0 Å². The zero-order valence-corrected chi connectivity index (χ0v) is 18.6. The summed E-state index contributed by atoms with van der Waals surface area (Å²) < 4.78 is 44.0. The normalized spacial score (nSPS) is 37.2. The monoisotopic (exact) mass is 439 g/mol. The molecule has 0 aliphatic carbocycles. The predicted octanol–water partition coefficient (Wildman–Crippen LogP) is 0.927. The highest BCUT2D eigenvalue weighted by atomic mass is 31.2. The molecule has 10 nitrogen and oxygen atoms in total. The maximum Gasteiger partial charge on any atom is 0.343 e. The Morgan fingerprint density at radius 2 is 1.86 bits per heavy atom. The van der Waals surface area contributed by atoms with Crippen molar-refractivity contribution in [2.45, 2.75) is 103 Å². The second-order valence-electron chi connectivity index (χ2n) is 8.01. The largest absolute Gasteiger partial charge is 0.746 e. The van der Waals surface area contributed by atoms with E-state index in [1.807, 2.05) is 13.8 Å². The van der Waals surface area contributed by atoms with Crippen LogP contribution in [0.5, 0.6) is 0 Å². The standard InChI is InChI=1S/C18H33O10P/c1-9(2)23-8-14-16(15(19)12(6)26-14)27-29(21,22)28-18(20)17-13(24-10(3)4)7-11(5)25-17/h9-17,19H,7-8H2,1-6H3,(H,21,22)/p-1/t11-,12-,13?,14+,15+,16?,17-/m0/s1. The van der Waals surface area contributed by atoms with E-state index in [-0.39, 0.29) is 24.9 Å². The van der Waals surface area contributed by atoms with Gasteiger partial charge in [0.1, 0.15) is 18.3 Å². The average Bonchev–Trinajstić information content (AvgIpc) is 3.06. The summed E-state index contributed by atoms with van der Waals surface area (Å²) in [4.78, 5) is 24.8. The Labute approximate surface area is 171 Å². The molecule has 0 saturated carbocycles. The van der Waals surface area contributed by atoms with Gasteiger partial charge in [0, 0.05) is 6.42 Å². The number of rotatable bonds is 9. The number of carbonyl (C=O) groups is 1. The highest BCUT2D eigenvalue weighted by Crippen LogP contribution is 2.44. The molecule has 2 saturated heterocycles. The fourth-order valence-corrected chi connectivity index (χ4v) is 4.26. The zero-order chi connectivity index (χ0) is 21.9. The van der Waals surface area contributed by atoms with Gasteiger partial charge in [-0.25, -0.2) is 4.79 Å². The summed E-state index contributed by atoms with van der Waals surface area (Å²) in [6.45, 7) is 10.6. The van der Waals surface area contributed by atoms with Gasteiger partial charge >= 0.3 is 13.8 Å². The Morgan fingerprint density at radius 3 is 2.45 bits per heavy atom. The smallest absolute Gasteiger partial charge is 0.343 e. The molecule has 2 aliphatic rings. The number of hydrogen-bond donors (Lipinski definition) is 1. The molecule has 0 aromatic heterocycles. The van der Waals surface area contributed by atoms with Crippen LogP contribution in [0.15, 0.2) is 0 Å². The van der Waals surface area contributed by atoms with E-state index in [1.54, 1.807) is 27.7 Å². The highest BCUT2D eigenvalue weighted by molar-refractivity contribution is 7.46. The fraction of sp³-hybridized carbons (Fsp3) is 0.944. The number of phosphoric ester groups is 1. The van der Waals surface area contributed by atoms with Crippen molar-refractivity contribution >= 4 is 13.8 Å². The van der Waals surface area contributed by atoms with Crippen molar-refractivity contribution in [3.8, 4) is 0 Å². The molecular formula is C18H32O10P-. The summed E-state index contributed by atoms with van der Waals surface area (Å²) in [5, 5.41) is 10.2. The first-order chi connectivity index (χ1) is 13.4. The van der Waals surface area contributed by atoms with Crippen molar-refractivity contribution in [1.82, 2.24) is 0 Å². The summed E-state index contributed by atoms with van der Waals surface area (Å²) in [5.74, 6) is -1.12. The Balaban J connectivity index is 2.01. The van der Waals surface area contributed by atoms with Crippen LogP contribution >= 0.6 is 7.82 Å². The average molecular weight is 439 g/mol. The molecule has 2 rings (SSSR count). The van der Waals surface area contributed by atoms with Crippen LogP contribution in [-0.2, 0) is 37.4 Å². The number of hydrogen-bond acceptors (Lipinski definition) is 10. The van der Waals surface area contributed by atoms with Gasteiger partial charge in [-0.3, -0.25) is 4.57 Å². The Kier molecular flexibility index (Phi) is 8.64. The van der Waals surface area contributed by atoms with Crippen LogP contribution in [0.25, 0.3) is 0 Å². The van der Waals surface area contributed by atoms with Gasteiger partial charge in [0.15, 0.2) is 6.10 Å². The van der Waals surface area contributed by atoms with Crippen molar-refractivity contribution in [3.63, 3.8) is 0 Å². The predicted molar refractivity (Wildman–Crippen MR) is 99.0 cm³/mol. The number of aliphatic hydroxyl groups is 1. The molecule has 1 N–H and O–H groups in total. The summed E-state index contributed by atoms with van der Waals surface area (Å²) in [5.41, 5.74) is 0. The molecule has 0 radical (unpaired) electrons. The summed E-state index contributed by atoms with van der Waals surface area (Å²) in [6, 6.07) is 0. The number of aliphatic hydroxyl groups excluding tert-OH is 1. The van der Waals surface area contributed by atoms with Crippen molar-refractivity contribution in [2.24, 2.45) is 0 Å². The number of ether oxygens (including phenoxy) is 4. The summed E-state index contributed by atoms with van der Waals surface area (Å²) >= 11 is 0. The quantitative estimate of drug-likeness (QED) is 0.517. The third-order valence-corrected chi connectivity index (χ3v) is 5.49. The van der Waals surface area contributed by atoms with Crippen molar-refractivity contribution < 1.29 is 47.4 Å². The Bertz CT molecular complexity index is 597. The molecule has 170 valence electrons. The lowest BCUT2D eigenvalue weighted by Gasteiger charge is -2.30. The van der Waals surface area contributed by atoms with Crippen LogP contribution in [-0.4, -0.2) is 72.6 Å². The van der Waals surface area contributed by atoms with E-state index in [0.717, 1.165) is 0 Å². The van der Waals surface area contributed by atoms with Gasteiger partial charge in [-0.05, 0) is 41.5 Å². The van der Waals surface area contributed by atoms with Crippen LogP contribution in [0.3, 0.4) is 0 Å². The topological polar surface area (TPSA) is 133 Å². The lowest BCUT2D eigenvalue weighted by atomic mass is 10.1. The lowest BCUT2D eigenvalue weighted by Crippen LogP contribution is -2.39. The van der Waals surface area contributed by atoms with E-state index in [9.17, 15) is 19.4 Å². The first-order valence-corrected chi connectivity index (χ1v) is 11.3. The van der Waals surface area contributed by atoms with Crippen LogP contribution in [0.4, 0.5) is 0 Å². The minimum atomic E-state index is -5.11. The fourth-order valence-electron chi connectivity index (χ4n) is 3.33. The van der Waals surface area contributed by atoms with Crippen molar-refractivity contribution in [3.05, 3.63) is 0 Å². The van der Waals surface area contributed by atoms with Crippen LogP contribution in [0.2, 0.25) is 0 Å². The summed E-state index contributed by atoms with van der Waals surface area (Å²) in [7, 11) is -5.11. The van der Waals surface area contributed by atoms with E-state index in [4.69, 9.17) is 23.5 Å². The van der Waals surface area contributed by atoms with Crippen molar-refractivity contribution in [2.75, 3.05) is 6.61 Å². The maximum atomic E-state index is 12.4. The van der Waals surface area contributed by atoms with E-state index in [1.165, 1.54) is 0 Å². The zero-order valence-electron chi connectivity index (χ0n) is 17.7. The molecule has 11 heteroatoms. The molecule has 0 aromatic rings. The molecule has 0 aromatic carbocycles. The molecule has 2 aliphatic heterocycles. The summed E-state index contributed by atoms with van der Waals surface area (Å²) in [6.07, 6.45) is -5.93. The van der Waals surface area contributed by atoms with E-state index in [0.29, 0.717) is 6.42 Å². The van der Waals surface area contributed by atoms with E-state index in [2.05, 4.69) is 4.52 Å². The van der Waals surface area contributed by atoms with Crippen molar-refractivity contribution in [1.29, 1.82) is 0 Å². The molecule has 8 atom stereocenters. The van der Waals surface area contributed by atoms with Gasteiger partial charge in [0.2, 0.25) is 0 Å². The molecule has 0 amide bonds. The third kappa shape index (κ3) is 6.97. The molecule has 3 unspecified atom stereocenters. The molecule has 2 fully saturated rings. The molecular weight excluding hydrogens is 407 g/mol. The highest BCUT2D eigenvalue weighted by Gasteiger charge is 2.46. The Hall–Kier alpha value is -0.580. The SMILES string of the molecule is CC(C)OC[C@H]1O[C@@H](C)[C@@H](O)C1OP(=O)([O-])OC(=O)[C@H]1O[C@@H](C)CC1OC(C)C. The van der Waals surface area contributed by atoms with Crippen LogP contribution < -0.4 is 4.89 Å². The van der Waals surface area contributed by atoms with Crippen LogP contribution in [0, 0.1) is 0 Å². The van der Waals surface area contributed by atoms with Gasteiger partial charge in [0.05, 0.1) is 37.1 Å². The number of phosphoric acid groups is 1.